The Morgan fingerprint density at radius 3 is 2.71 bits per heavy atom. The molecular formula is C15H20ClN3OS. The van der Waals surface area contributed by atoms with Crippen LogP contribution in [0.4, 0.5) is 5.69 Å². The van der Waals surface area contributed by atoms with Gasteiger partial charge in [0, 0.05) is 11.9 Å². The summed E-state index contributed by atoms with van der Waals surface area (Å²) in [6.07, 6.45) is 4.01. The van der Waals surface area contributed by atoms with E-state index in [-0.39, 0.29) is 0 Å². The maximum Gasteiger partial charge on any atom is 0.0753 e. The maximum atomic E-state index is 12.4. The van der Waals surface area contributed by atoms with Crippen LogP contribution in [0.3, 0.4) is 0 Å². The van der Waals surface area contributed by atoms with Crippen LogP contribution in [-0.4, -0.2) is 14.0 Å². The monoisotopic (exact) mass is 325 g/mol. The second-order valence-electron chi connectivity index (χ2n) is 4.94. The highest BCUT2D eigenvalue weighted by molar-refractivity contribution is 7.84. The van der Waals surface area contributed by atoms with Crippen molar-refractivity contribution >= 4 is 28.1 Å². The molecule has 1 heterocycles. The zero-order chi connectivity index (χ0) is 15.4. The van der Waals surface area contributed by atoms with Crippen molar-refractivity contribution in [2.24, 2.45) is 0 Å². The molecule has 0 radical (unpaired) electrons. The summed E-state index contributed by atoms with van der Waals surface area (Å²) < 4.78 is 14.4. The number of halogens is 1. The first-order valence-corrected chi connectivity index (χ1v) is 8.72. The fourth-order valence-electron chi connectivity index (χ4n) is 2.23. The SMILES string of the molecule is CCC(CC)n1ccc(CS(=O)c2cc(N)ccc2Cl)n1. The molecule has 1 aromatic carbocycles. The molecule has 2 rings (SSSR count). The van der Waals surface area contributed by atoms with Crippen molar-refractivity contribution in [3.8, 4) is 0 Å². The van der Waals surface area contributed by atoms with Crippen molar-refractivity contribution in [1.29, 1.82) is 0 Å². The number of hydrogen-bond acceptors (Lipinski definition) is 3. The van der Waals surface area contributed by atoms with Gasteiger partial charge >= 0.3 is 0 Å². The van der Waals surface area contributed by atoms with E-state index in [2.05, 4.69) is 18.9 Å². The van der Waals surface area contributed by atoms with E-state index >= 15 is 0 Å². The molecule has 1 unspecified atom stereocenters. The molecule has 21 heavy (non-hydrogen) atoms. The largest absolute Gasteiger partial charge is 0.399 e. The Morgan fingerprint density at radius 1 is 1.33 bits per heavy atom. The lowest BCUT2D eigenvalue weighted by Crippen LogP contribution is -2.08. The van der Waals surface area contributed by atoms with Gasteiger partial charge in [-0.15, -0.1) is 0 Å². The van der Waals surface area contributed by atoms with E-state index in [9.17, 15) is 4.21 Å². The van der Waals surface area contributed by atoms with Gasteiger partial charge < -0.3 is 5.73 Å². The van der Waals surface area contributed by atoms with E-state index in [1.807, 2.05) is 16.9 Å². The molecule has 0 fully saturated rings. The number of nitrogen functional groups attached to an aromatic ring is 1. The Kier molecular flexibility index (Phi) is 5.42. The normalized spacial score (nSPS) is 12.8. The predicted molar refractivity (Wildman–Crippen MR) is 87.8 cm³/mol. The third kappa shape index (κ3) is 3.86. The number of rotatable bonds is 6. The van der Waals surface area contributed by atoms with Crippen molar-refractivity contribution in [3.05, 3.63) is 41.2 Å². The Bertz CT molecular complexity index is 638. The predicted octanol–water partition coefficient (Wildman–Crippen LogP) is 3.79. The molecule has 0 saturated heterocycles. The minimum atomic E-state index is -1.25. The van der Waals surface area contributed by atoms with Crippen molar-refractivity contribution in [3.63, 3.8) is 0 Å². The van der Waals surface area contributed by atoms with Gasteiger partial charge in [0.2, 0.25) is 0 Å². The first-order chi connectivity index (χ1) is 10.0. The number of benzene rings is 1. The van der Waals surface area contributed by atoms with Gasteiger partial charge in [0.25, 0.3) is 0 Å². The van der Waals surface area contributed by atoms with Crippen LogP contribution in [0.25, 0.3) is 0 Å². The summed E-state index contributed by atoms with van der Waals surface area (Å²) in [6.45, 7) is 4.28. The summed E-state index contributed by atoms with van der Waals surface area (Å²) in [6, 6.07) is 7.34. The number of anilines is 1. The zero-order valence-corrected chi connectivity index (χ0v) is 13.8. The van der Waals surface area contributed by atoms with Gasteiger partial charge in [0.05, 0.1) is 38.2 Å². The van der Waals surface area contributed by atoms with Crippen LogP contribution in [0.5, 0.6) is 0 Å². The summed E-state index contributed by atoms with van der Waals surface area (Å²) in [7, 11) is -1.25. The van der Waals surface area contributed by atoms with Gasteiger partial charge in [-0.05, 0) is 37.1 Å². The molecule has 0 spiro atoms. The Balaban J connectivity index is 2.15. The molecular weight excluding hydrogens is 306 g/mol. The van der Waals surface area contributed by atoms with Gasteiger partial charge in [-0.2, -0.15) is 5.10 Å². The molecule has 114 valence electrons. The molecule has 0 aliphatic carbocycles. The summed E-state index contributed by atoms with van der Waals surface area (Å²) >= 11 is 6.08. The van der Waals surface area contributed by atoms with E-state index in [0.29, 0.717) is 27.4 Å². The summed E-state index contributed by atoms with van der Waals surface area (Å²) in [4.78, 5) is 0.564. The van der Waals surface area contributed by atoms with Gasteiger partial charge in [-0.1, -0.05) is 25.4 Å². The average Bonchev–Trinajstić information content (AvgIpc) is 2.91. The van der Waals surface area contributed by atoms with E-state index < -0.39 is 10.8 Å². The molecule has 1 atom stereocenters. The Hall–Kier alpha value is -1.33. The molecule has 4 nitrogen and oxygen atoms in total. The van der Waals surface area contributed by atoms with E-state index in [4.69, 9.17) is 17.3 Å². The fraction of sp³-hybridized carbons (Fsp3) is 0.400. The van der Waals surface area contributed by atoms with Gasteiger partial charge in [-0.25, -0.2) is 0 Å². The minimum absolute atomic E-state index is 0.344. The Labute approximate surface area is 132 Å². The lowest BCUT2D eigenvalue weighted by atomic mass is 10.2. The standard InChI is InChI=1S/C15H20ClN3OS/c1-3-13(4-2)19-8-7-12(18-19)10-21(20)15-9-11(17)5-6-14(15)16/h5-9,13H,3-4,10,17H2,1-2H3. The van der Waals surface area contributed by atoms with E-state index in [1.165, 1.54) is 0 Å². The number of hydrogen-bond donors (Lipinski definition) is 1. The summed E-state index contributed by atoms with van der Waals surface area (Å²) in [5.41, 5.74) is 7.09. The second-order valence-corrected chi connectivity index (χ2v) is 6.76. The molecule has 0 saturated carbocycles. The lowest BCUT2D eigenvalue weighted by Gasteiger charge is -2.12. The summed E-state index contributed by atoms with van der Waals surface area (Å²) in [5, 5.41) is 4.99. The molecule has 2 aromatic rings. The van der Waals surface area contributed by atoms with Crippen LogP contribution in [0, 0.1) is 0 Å². The van der Waals surface area contributed by atoms with Crippen LogP contribution >= 0.6 is 11.6 Å². The molecule has 0 aliphatic rings. The highest BCUT2D eigenvalue weighted by atomic mass is 35.5. The van der Waals surface area contributed by atoms with Crippen molar-refractivity contribution in [2.45, 2.75) is 43.4 Å². The van der Waals surface area contributed by atoms with Gasteiger partial charge in [-0.3, -0.25) is 8.89 Å². The topological polar surface area (TPSA) is 60.9 Å². The van der Waals surface area contributed by atoms with Crippen molar-refractivity contribution in [2.75, 3.05) is 5.73 Å². The first kappa shape index (κ1) is 16.0. The molecule has 2 N–H and O–H groups in total. The molecule has 1 aromatic heterocycles. The highest BCUT2D eigenvalue weighted by Crippen LogP contribution is 2.24. The van der Waals surface area contributed by atoms with Crippen LogP contribution < -0.4 is 5.73 Å². The molecule has 0 amide bonds. The van der Waals surface area contributed by atoms with Gasteiger partial charge in [0.1, 0.15) is 0 Å². The number of nitrogens with two attached hydrogens (primary N) is 1. The minimum Gasteiger partial charge on any atom is -0.399 e. The van der Waals surface area contributed by atoms with Gasteiger partial charge in [0.15, 0.2) is 0 Å². The van der Waals surface area contributed by atoms with E-state index in [0.717, 1.165) is 18.5 Å². The quantitative estimate of drug-likeness (QED) is 0.822. The smallest absolute Gasteiger partial charge is 0.0753 e. The van der Waals surface area contributed by atoms with Crippen molar-refractivity contribution < 1.29 is 4.21 Å². The molecule has 0 bridgehead atoms. The average molecular weight is 326 g/mol. The Morgan fingerprint density at radius 2 is 2.05 bits per heavy atom. The van der Waals surface area contributed by atoms with Crippen LogP contribution in [0.1, 0.15) is 38.4 Å². The second kappa shape index (κ2) is 7.09. The third-order valence-electron chi connectivity index (χ3n) is 3.46. The molecule has 0 aliphatic heterocycles. The fourth-order valence-corrected chi connectivity index (χ4v) is 3.73. The van der Waals surface area contributed by atoms with E-state index in [1.54, 1.807) is 18.2 Å². The first-order valence-electron chi connectivity index (χ1n) is 7.02. The maximum absolute atomic E-state index is 12.4. The molecule has 6 heteroatoms. The van der Waals surface area contributed by atoms with Crippen molar-refractivity contribution in [1.82, 2.24) is 9.78 Å². The zero-order valence-electron chi connectivity index (χ0n) is 12.3. The van der Waals surface area contributed by atoms with Crippen LogP contribution in [0.2, 0.25) is 5.02 Å². The summed E-state index contributed by atoms with van der Waals surface area (Å²) in [5.74, 6) is 0.344. The highest BCUT2D eigenvalue weighted by Gasteiger charge is 2.13. The number of nitrogens with zero attached hydrogens (tertiary/aromatic N) is 2. The number of aromatic nitrogens is 2. The van der Waals surface area contributed by atoms with Crippen LogP contribution in [0.15, 0.2) is 35.4 Å². The van der Waals surface area contributed by atoms with Crippen LogP contribution in [-0.2, 0) is 16.6 Å². The lowest BCUT2D eigenvalue weighted by molar-refractivity contribution is 0.426. The third-order valence-corrected chi connectivity index (χ3v) is 5.29.